The molecular weight excluding hydrogens is 122 g/mol. The Morgan fingerprint density at radius 1 is 1.40 bits per heavy atom. The second kappa shape index (κ2) is 1.43. The molecule has 1 nitrogen and oxygen atoms in total. The predicted octanol–water partition coefficient (Wildman–Crippen LogP) is 1.01. The standard InChI is InChI=1S/C9H9N/c1-2-8-7-3-6(1)9(8)5-10-4-7/h1-3,9-10H,4-5H2. The molecule has 0 saturated heterocycles. The highest BCUT2D eigenvalue weighted by molar-refractivity contribution is 5.59. The van der Waals surface area contributed by atoms with Crippen LogP contribution in [0.5, 0.6) is 0 Å². The van der Waals surface area contributed by atoms with E-state index in [2.05, 4.69) is 23.5 Å². The summed E-state index contributed by atoms with van der Waals surface area (Å²) in [5.74, 6) is 0.726. The van der Waals surface area contributed by atoms with Gasteiger partial charge in [-0.2, -0.15) is 0 Å². The molecule has 3 rings (SSSR count). The van der Waals surface area contributed by atoms with Crippen molar-refractivity contribution in [3.63, 3.8) is 0 Å². The summed E-state index contributed by atoms with van der Waals surface area (Å²) in [6.45, 7) is 2.23. The highest BCUT2D eigenvalue weighted by Crippen LogP contribution is 2.40. The first-order chi connectivity index (χ1) is 4.95. The predicted molar refractivity (Wildman–Crippen MR) is 40.6 cm³/mol. The zero-order chi connectivity index (χ0) is 6.55. The molecule has 1 unspecified atom stereocenters. The van der Waals surface area contributed by atoms with Crippen LogP contribution in [-0.4, -0.2) is 13.1 Å². The second-order valence-electron chi connectivity index (χ2n) is 3.14. The van der Waals surface area contributed by atoms with Gasteiger partial charge in [-0.3, -0.25) is 0 Å². The fourth-order valence-electron chi connectivity index (χ4n) is 2.09. The van der Waals surface area contributed by atoms with Gasteiger partial charge in [0.15, 0.2) is 0 Å². The molecule has 1 aliphatic heterocycles. The molecule has 0 spiro atoms. The number of hydrogen-bond acceptors (Lipinski definition) is 1. The van der Waals surface area contributed by atoms with Crippen molar-refractivity contribution in [2.24, 2.45) is 5.92 Å². The van der Waals surface area contributed by atoms with Gasteiger partial charge in [-0.05, 0) is 16.7 Å². The zero-order valence-electron chi connectivity index (χ0n) is 5.72. The summed E-state index contributed by atoms with van der Waals surface area (Å²) in [6.07, 6.45) is 6.85. The third-order valence-electron chi connectivity index (χ3n) is 2.61. The van der Waals surface area contributed by atoms with Gasteiger partial charge in [0, 0.05) is 19.0 Å². The van der Waals surface area contributed by atoms with Crippen LogP contribution in [0.1, 0.15) is 0 Å². The minimum absolute atomic E-state index is 0.726. The zero-order valence-corrected chi connectivity index (χ0v) is 5.72. The Bertz CT molecular complexity index is 281. The molecule has 0 aromatic heterocycles. The van der Waals surface area contributed by atoms with E-state index in [0.717, 1.165) is 19.0 Å². The van der Waals surface area contributed by atoms with Crippen molar-refractivity contribution in [3.05, 3.63) is 34.9 Å². The Labute approximate surface area is 60.1 Å². The summed E-state index contributed by atoms with van der Waals surface area (Å²) in [7, 11) is 0. The minimum Gasteiger partial charge on any atom is -0.312 e. The van der Waals surface area contributed by atoms with Gasteiger partial charge in [0.25, 0.3) is 0 Å². The maximum absolute atomic E-state index is 3.40. The van der Waals surface area contributed by atoms with Crippen LogP contribution in [0.3, 0.4) is 0 Å². The molecule has 1 atom stereocenters. The smallest absolute Gasteiger partial charge is 0.0218 e. The average molecular weight is 131 g/mol. The lowest BCUT2D eigenvalue weighted by molar-refractivity contribution is 0.623. The van der Waals surface area contributed by atoms with E-state index in [9.17, 15) is 0 Å². The summed E-state index contributed by atoms with van der Waals surface area (Å²) in [6, 6.07) is 0. The Kier molecular flexibility index (Phi) is 0.702. The largest absolute Gasteiger partial charge is 0.312 e. The van der Waals surface area contributed by atoms with E-state index in [1.807, 2.05) is 0 Å². The third kappa shape index (κ3) is 0.400. The Morgan fingerprint density at radius 3 is 3.20 bits per heavy atom. The van der Waals surface area contributed by atoms with Gasteiger partial charge < -0.3 is 5.32 Å². The molecule has 1 heterocycles. The van der Waals surface area contributed by atoms with Crippen LogP contribution in [0.2, 0.25) is 0 Å². The van der Waals surface area contributed by atoms with Crippen molar-refractivity contribution in [1.29, 1.82) is 0 Å². The molecule has 50 valence electrons. The molecule has 0 amide bonds. The molecule has 0 radical (unpaired) electrons. The summed E-state index contributed by atoms with van der Waals surface area (Å²) in [5, 5.41) is 3.40. The Balaban J connectivity index is 2.26. The SMILES string of the molecule is C1=CC2=C3C=C1C2CNC3. The van der Waals surface area contributed by atoms with Crippen LogP contribution in [-0.2, 0) is 0 Å². The topological polar surface area (TPSA) is 12.0 Å². The first-order valence-corrected chi connectivity index (χ1v) is 3.78. The fraction of sp³-hybridized carbons (Fsp3) is 0.333. The summed E-state index contributed by atoms with van der Waals surface area (Å²) >= 11 is 0. The molecule has 2 aliphatic carbocycles. The van der Waals surface area contributed by atoms with Crippen LogP contribution in [0.25, 0.3) is 0 Å². The van der Waals surface area contributed by atoms with Crippen molar-refractivity contribution in [2.75, 3.05) is 13.1 Å². The lowest BCUT2D eigenvalue weighted by atomic mass is 9.99. The molecule has 0 fully saturated rings. The van der Waals surface area contributed by atoms with Crippen LogP contribution in [0.4, 0.5) is 0 Å². The van der Waals surface area contributed by atoms with E-state index < -0.39 is 0 Å². The van der Waals surface area contributed by atoms with E-state index >= 15 is 0 Å². The van der Waals surface area contributed by atoms with Crippen molar-refractivity contribution < 1.29 is 0 Å². The highest BCUT2D eigenvalue weighted by atomic mass is 14.9. The maximum atomic E-state index is 3.40. The van der Waals surface area contributed by atoms with Crippen LogP contribution in [0, 0.1) is 5.92 Å². The summed E-state index contributed by atoms with van der Waals surface area (Å²) in [4.78, 5) is 0. The molecule has 10 heavy (non-hydrogen) atoms. The van der Waals surface area contributed by atoms with Crippen molar-refractivity contribution in [2.45, 2.75) is 0 Å². The van der Waals surface area contributed by atoms with Crippen molar-refractivity contribution in [1.82, 2.24) is 5.32 Å². The monoisotopic (exact) mass is 131 g/mol. The first-order valence-electron chi connectivity index (χ1n) is 3.78. The van der Waals surface area contributed by atoms with Gasteiger partial charge in [-0.25, -0.2) is 0 Å². The molecule has 0 aromatic rings. The Hall–Kier alpha value is -0.820. The molecule has 1 N–H and O–H groups in total. The number of allylic oxidation sites excluding steroid dienone is 2. The van der Waals surface area contributed by atoms with Gasteiger partial charge in [0.1, 0.15) is 0 Å². The normalized spacial score (nSPS) is 33.6. The molecule has 3 aliphatic rings. The van der Waals surface area contributed by atoms with E-state index in [0.29, 0.717) is 0 Å². The van der Waals surface area contributed by atoms with Crippen LogP contribution >= 0.6 is 0 Å². The minimum atomic E-state index is 0.726. The lowest BCUT2D eigenvalue weighted by Gasteiger charge is -2.16. The van der Waals surface area contributed by atoms with E-state index in [1.54, 1.807) is 5.57 Å². The fourth-order valence-corrected chi connectivity index (χ4v) is 2.09. The maximum Gasteiger partial charge on any atom is 0.0218 e. The van der Waals surface area contributed by atoms with E-state index in [4.69, 9.17) is 0 Å². The third-order valence-corrected chi connectivity index (χ3v) is 2.61. The van der Waals surface area contributed by atoms with E-state index in [1.165, 1.54) is 11.1 Å². The van der Waals surface area contributed by atoms with E-state index in [-0.39, 0.29) is 0 Å². The molecular formula is C9H9N. The number of hydrogen-bond donors (Lipinski definition) is 1. The quantitative estimate of drug-likeness (QED) is 0.517. The lowest BCUT2D eigenvalue weighted by Crippen LogP contribution is -2.27. The second-order valence-corrected chi connectivity index (χ2v) is 3.14. The van der Waals surface area contributed by atoms with Crippen molar-refractivity contribution in [3.8, 4) is 0 Å². The van der Waals surface area contributed by atoms with Gasteiger partial charge >= 0.3 is 0 Å². The summed E-state index contributed by atoms with van der Waals surface area (Å²) in [5.41, 5.74) is 4.62. The first kappa shape index (κ1) is 4.91. The average Bonchev–Trinajstić information content (AvgIpc) is 2.44. The van der Waals surface area contributed by atoms with Gasteiger partial charge in [0.05, 0.1) is 0 Å². The van der Waals surface area contributed by atoms with Crippen LogP contribution < -0.4 is 5.32 Å². The Morgan fingerprint density at radius 2 is 2.40 bits per heavy atom. The molecule has 1 heteroatoms. The molecule has 0 saturated carbocycles. The highest BCUT2D eigenvalue weighted by Gasteiger charge is 2.31. The number of rotatable bonds is 0. The molecule has 4 bridgehead atoms. The van der Waals surface area contributed by atoms with Gasteiger partial charge in [0.2, 0.25) is 0 Å². The number of nitrogens with one attached hydrogen (secondary N) is 1. The van der Waals surface area contributed by atoms with Gasteiger partial charge in [-0.1, -0.05) is 18.2 Å². The van der Waals surface area contributed by atoms with Crippen molar-refractivity contribution >= 4 is 0 Å². The van der Waals surface area contributed by atoms with Crippen LogP contribution in [0.15, 0.2) is 34.9 Å². The van der Waals surface area contributed by atoms with Gasteiger partial charge in [-0.15, -0.1) is 0 Å². The molecule has 0 aromatic carbocycles. The summed E-state index contributed by atoms with van der Waals surface area (Å²) < 4.78 is 0.